The van der Waals surface area contributed by atoms with Gasteiger partial charge < -0.3 is 14.8 Å². The van der Waals surface area contributed by atoms with E-state index in [-0.39, 0.29) is 6.04 Å². The Morgan fingerprint density at radius 3 is 2.52 bits per heavy atom. The molecule has 1 aliphatic rings. The molecule has 0 saturated carbocycles. The molecule has 2 heterocycles. The first-order valence-electron chi connectivity index (χ1n) is 10.1. The highest BCUT2D eigenvalue weighted by Crippen LogP contribution is 2.37. The molecule has 1 N–H and O–H groups in total. The zero-order valence-corrected chi connectivity index (χ0v) is 17.9. The van der Waals surface area contributed by atoms with Gasteiger partial charge in [-0.1, -0.05) is 36.4 Å². The summed E-state index contributed by atoms with van der Waals surface area (Å²) in [6.07, 6.45) is 0. The number of methoxy groups -OCH3 is 1. The van der Waals surface area contributed by atoms with Gasteiger partial charge in [-0.25, -0.2) is 0 Å². The molecule has 1 unspecified atom stereocenters. The van der Waals surface area contributed by atoms with E-state index >= 15 is 0 Å². The second-order valence-electron chi connectivity index (χ2n) is 7.40. The van der Waals surface area contributed by atoms with Crippen molar-refractivity contribution >= 4 is 11.3 Å². The average molecular weight is 409 g/mol. The van der Waals surface area contributed by atoms with Gasteiger partial charge in [-0.3, -0.25) is 4.90 Å². The topological polar surface area (TPSA) is 33.7 Å². The summed E-state index contributed by atoms with van der Waals surface area (Å²) in [6, 6.07) is 19.1. The molecule has 0 spiro atoms. The highest BCUT2D eigenvalue weighted by Gasteiger charge is 2.26. The van der Waals surface area contributed by atoms with Crippen LogP contribution < -0.4 is 14.8 Å². The molecule has 0 amide bonds. The molecule has 152 valence electrons. The van der Waals surface area contributed by atoms with Crippen molar-refractivity contribution in [1.29, 1.82) is 0 Å². The fraction of sp³-hybridized carbons (Fsp3) is 0.333. The van der Waals surface area contributed by atoms with E-state index in [4.69, 9.17) is 9.47 Å². The molecule has 0 aliphatic carbocycles. The van der Waals surface area contributed by atoms with E-state index in [2.05, 4.69) is 52.9 Å². The Kier molecular flexibility index (Phi) is 6.49. The predicted molar refractivity (Wildman–Crippen MR) is 119 cm³/mol. The Balaban J connectivity index is 1.60. The molecule has 1 aromatic heterocycles. The van der Waals surface area contributed by atoms with Gasteiger partial charge in [0.1, 0.15) is 6.61 Å². The Morgan fingerprint density at radius 1 is 1.03 bits per heavy atom. The summed E-state index contributed by atoms with van der Waals surface area (Å²) in [5, 5.41) is 5.69. The SMILES string of the molecule is COc1cc(C(c2cc(C)cs2)N2CCNCC2)ccc1OCc1ccccc1. The fourth-order valence-electron chi connectivity index (χ4n) is 3.80. The molecule has 5 heteroatoms. The zero-order chi connectivity index (χ0) is 20.1. The Labute approximate surface area is 177 Å². The first-order valence-corrected chi connectivity index (χ1v) is 11.0. The third-order valence-electron chi connectivity index (χ3n) is 5.28. The van der Waals surface area contributed by atoms with Crippen molar-refractivity contribution in [3.63, 3.8) is 0 Å². The quantitative estimate of drug-likeness (QED) is 0.618. The van der Waals surface area contributed by atoms with Crippen LogP contribution in [0.15, 0.2) is 60.0 Å². The smallest absolute Gasteiger partial charge is 0.161 e. The van der Waals surface area contributed by atoms with Crippen molar-refractivity contribution in [2.45, 2.75) is 19.6 Å². The number of nitrogens with one attached hydrogen (secondary N) is 1. The maximum atomic E-state index is 6.06. The van der Waals surface area contributed by atoms with Gasteiger partial charge in [0.2, 0.25) is 0 Å². The first kappa shape index (κ1) is 20.0. The van der Waals surface area contributed by atoms with Crippen LogP contribution in [0.25, 0.3) is 0 Å². The second kappa shape index (κ2) is 9.44. The third kappa shape index (κ3) is 4.81. The molecule has 4 rings (SSSR count). The van der Waals surface area contributed by atoms with Gasteiger partial charge in [0.15, 0.2) is 11.5 Å². The summed E-state index contributed by atoms with van der Waals surface area (Å²) in [5.41, 5.74) is 3.71. The average Bonchev–Trinajstić information content (AvgIpc) is 3.20. The molecular formula is C24H28N2O2S. The number of nitrogens with zero attached hydrogens (tertiary/aromatic N) is 1. The van der Waals surface area contributed by atoms with Crippen LogP contribution in [0.4, 0.5) is 0 Å². The lowest BCUT2D eigenvalue weighted by atomic mass is 10.0. The molecular weight excluding hydrogens is 380 g/mol. The lowest BCUT2D eigenvalue weighted by Crippen LogP contribution is -2.45. The standard InChI is InChI=1S/C24H28N2O2S/c1-18-14-23(29-17-18)24(26-12-10-25-11-13-26)20-8-9-21(22(15-20)27-2)28-16-19-6-4-3-5-7-19/h3-9,14-15,17,24-25H,10-13,16H2,1-2H3. The van der Waals surface area contributed by atoms with Gasteiger partial charge in [0.25, 0.3) is 0 Å². The van der Waals surface area contributed by atoms with Crippen LogP contribution in [-0.4, -0.2) is 38.2 Å². The van der Waals surface area contributed by atoms with Gasteiger partial charge in [0, 0.05) is 31.1 Å². The van der Waals surface area contributed by atoms with Gasteiger partial charge in [-0.05, 0) is 47.2 Å². The number of hydrogen-bond acceptors (Lipinski definition) is 5. The third-order valence-corrected chi connectivity index (χ3v) is 6.38. The summed E-state index contributed by atoms with van der Waals surface area (Å²) in [7, 11) is 1.71. The number of rotatable bonds is 7. The van der Waals surface area contributed by atoms with E-state index in [9.17, 15) is 0 Å². The number of aryl methyl sites for hydroxylation is 1. The maximum Gasteiger partial charge on any atom is 0.161 e. The predicted octanol–water partition coefficient (Wildman–Crippen LogP) is 4.64. The van der Waals surface area contributed by atoms with Crippen molar-refractivity contribution in [2.24, 2.45) is 0 Å². The van der Waals surface area contributed by atoms with Gasteiger partial charge in [0.05, 0.1) is 13.2 Å². The van der Waals surface area contributed by atoms with Crippen LogP contribution in [-0.2, 0) is 6.61 Å². The number of thiophene rings is 1. The van der Waals surface area contributed by atoms with E-state index in [1.807, 2.05) is 35.6 Å². The van der Waals surface area contributed by atoms with Gasteiger partial charge in [-0.2, -0.15) is 0 Å². The van der Waals surface area contributed by atoms with Crippen LogP contribution in [0.2, 0.25) is 0 Å². The van der Waals surface area contributed by atoms with E-state index < -0.39 is 0 Å². The maximum absolute atomic E-state index is 6.06. The molecule has 0 bridgehead atoms. The van der Waals surface area contributed by atoms with Crippen molar-refractivity contribution in [3.8, 4) is 11.5 Å². The highest BCUT2D eigenvalue weighted by molar-refractivity contribution is 7.10. The van der Waals surface area contributed by atoms with E-state index in [0.29, 0.717) is 6.61 Å². The summed E-state index contributed by atoms with van der Waals surface area (Å²) in [6.45, 7) is 6.82. The van der Waals surface area contributed by atoms with E-state index in [1.54, 1.807) is 7.11 Å². The van der Waals surface area contributed by atoms with Gasteiger partial charge >= 0.3 is 0 Å². The van der Waals surface area contributed by atoms with Crippen LogP contribution in [0, 0.1) is 6.92 Å². The van der Waals surface area contributed by atoms with Crippen LogP contribution >= 0.6 is 11.3 Å². The van der Waals surface area contributed by atoms with Crippen molar-refractivity contribution < 1.29 is 9.47 Å². The summed E-state index contributed by atoms with van der Waals surface area (Å²) < 4.78 is 11.8. The Morgan fingerprint density at radius 2 is 1.83 bits per heavy atom. The fourth-order valence-corrected chi connectivity index (χ4v) is 4.86. The monoisotopic (exact) mass is 408 g/mol. The molecule has 4 nitrogen and oxygen atoms in total. The van der Waals surface area contributed by atoms with Crippen LogP contribution in [0.5, 0.6) is 11.5 Å². The largest absolute Gasteiger partial charge is 0.493 e. The number of piperazine rings is 1. The van der Waals surface area contributed by atoms with E-state index in [1.165, 1.54) is 16.0 Å². The molecule has 1 aliphatic heterocycles. The Bertz CT molecular complexity index is 920. The van der Waals surface area contributed by atoms with Crippen molar-refractivity contribution in [2.75, 3.05) is 33.3 Å². The lowest BCUT2D eigenvalue weighted by Gasteiger charge is -2.35. The Hall–Kier alpha value is -2.34. The van der Waals surface area contributed by atoms with Crippen LogP contribution in [0.3, 0.4) is 0 Å². The number of benzene rings is 2. The van der Waals surface area contributed by atoms with Crippen molar-refractivity contribution in [1.82, 2.24) is 10.2 Å². The summed E-state index contributed by atoms with van der Waals surface area (Å²) in [5.74, 6) is 1.56. The minimum Gasteiger partial charge on any atom is -0.493 e. The highest BCUT2D eigenvalue weighted by atomic mass is 32.1. The number of hydrogen-bond donors (Lipinski definition) is 1. The lowest BCUT2D eigenvalue weighted by molar-refractivity contribution is 0.200. The molecule has 2 aromatic carbocycles. The van der Waals surface area contributed by atoms with Crippen LogP contribution in [0.1, 0.15) is 27.6 Å². The first-order chi connectivity index (χ1) is 14.2. The summed E-state index contributed by atoms with van der Waals surface area (Å²) in [4.78, 5) is 3.94. The molecule has 29 heavy (non-hydrogen) atoms. The molecule has 1 atom stereocenters. The number of ether oxygens (including phenoxy) is 2. The van der Waals surface area contributed by atoms with Gasteiger partial charge in [-0.15, -0.1) is 11.3 Å². The normalized spacial score (nSPS) is 15.8. The van der Waals surface area contributed by atoms with Crippen molar-refractivity contribution in [3.05, 3.63) is 81.5 Å². The summed E-state index contributed by atoms with van der Waals surface area (Å²) >= 11 is 1.84. The second-order valence-corrected chi connectivity index (χ2v) is 8.34. The minimum absolute atomic E-state index is 0.243. The zero-order valence-electron chi connectivity index (χ0n) is 17.1. The molecule has 1 fully saturated rings. The minimum atomic E-state index is 0.243. The molecule has 3 aromatic rings. The molecule has 1 saturated heterocycles. The molecule has 0 radical (unpaired) electrons. The van der Waals surface area contributed by atoms with E-state index in [0.717, 1.165) is 43.2 Å².